The molecule has 0 saturated carbocycles. The van der Waals surface area contributed by atoms with Gasteiger partial charge >= 0.3 is 6.18 Å². The number of rotatable bonds is 2. The van der Waals surface area contributed by atoms with E-state index in [1.165, 1.54) is 7.05 Å². The molecule has 84 valence electrons. The number of nitrogens with zero attached hydrogens (tertiary/aromatic N) is 2. The lowest BCUT2D eigenvalue weighted by Crippen LogP contribution is -2.30. The molecular formula is C7H7ClF3N3O. The molecule has 1 heterocycles. The lowest BCUT2D eigenvalue weighted by Gasteiger charge is -2.09. The van der Waals surface area contributed by atoms with E-state index in [1.807, 2.05) is 0 Å². The minimum absolute atomic E-state index is 0.195. The zero-order chi connectivity index (χ0) is 11.6. The van der Waals surface area contributed by atoms with Gasteiger partial charge in [-0.3, -0.25) is 4.79 Å². The van der Waals surface area contributed by atoms with Crippen LogP contribution in [0.2, 0.25) is 5.02 Å². The summed E-state index contributed by atoms with van der Waals surface area (Å²) in [4.78, 5) is 11.3. The van der Waals surface area contributed by atoms with Crippen molar-refractivity contribution < 1.29 is 13.2 Å². The molecule has 0 aliphatic rings. The smallest absolute Gasteiger partial charge is 0.385 e. The molecule has 0 spiro atoms. The van der Waals surface area contributed by atoms with Crippen LogP contribution in [-0.2, 0) is 6.54 Å². The third-order valence-corrected chi connectivity index (χ3v) is 1.95. The highest BCUT2D eigenvalue weighted by Gasteiger charge is 2.29. The molecule has 0 bridgehead atoms. The SMILES string of the molecule is CNc1cnn(CC(F)(F)F)c(=O)c1Cl. The molecule has 0 aliphatic carbocycles. The van der Waals surface area contributed by atoms with Gasteiger partial charge < -0.3 is 5.32 Å². The van der Waals surface area contributed by atoms with Gasteiger partial charge in [-0.2, -0.15) is 18.3 Å². The second-order valence-electron chi connectivity index (χ2n) is 2.70. The zero-order valence-corrected chi connectivity index (χ0v) is 8.35. The average molecular weight is 242 g/mol. The number of aromatic nitrogens is 2. The molecule has 0 radical (unpaired) electrons. The van der Waals surface area contributed by atoms with Gasteiger partial charge in [0.05, 0.1) is 11.9 Å². The van der Waals surface area contributed by atoms with E-state index in [0.29, 0.717) is 0 Å². The Morgan fingerprint density at radius 3 is 2.67 bits per heavy atom. The summed E-state index contributed by atoms with van der Waals surface area (Å²) in [6.07, 6.45) is -3.43. The summed E-state index contributed by atoms with van der Waals surface area (Å²) in [6.45, 7) is -1.45. The first-order valence-electron chi connectivity index (χ1n) is 3.85. The monoisotopic (exact) mass is 241 g/mol. The number of hydrogen-bond acceptors (Lipinski definition) is 3. The first-order valence-corrected chi connectivity index (χ1v) is 4.23. The quantitative estimate of drug-likeness (QED) is 0.854. The van der Waals surface area contributed by atoms with Gasteiger partial charge in [-0.15, -0.1) is 0 Å². The van der Waals surface area contributed by atoms with Crippen LogP contribution in [0.4, 0.5) is 18.9 Å². The summed E-state index contributed by atoms with van der Waals surface area (Å²) in [5.41, 5.74) is -0.777. The van der Waals surface area contributed by atoms with E-state index >= 15 is 0 Å². The summed E-state index contributed by atoms with van der Waals surface area (Å²) in [5.74, 6) is 0. The molecule has 1 aromatic heterocycles. The largest absolute Gasteiger partial charge is 0.408 e. The van der Waals surface area contributed by atoms with Crippen LogP contribution >= 0.6 is 11.6 Å². The fraction of sp³-hybridized carbons (Fsp3) is 0.429. The Hall–Kier alpha value is -1.24. The van der Waals surface area contributed by atoms with Gasteiger partial charge in [0.2, 0.25) is 0 Å². The maximum atomic E-state index is 12.0. The Labute approximate surface area is 87.7 Å². The molecule has 15 heavy (non-hydrogen) atoms. The van der Waals surface area contributed by atoms with Gasteiger partial charge in [-0.05, 0) is 0 Å². The van der Waals surface area contributed by atoms with E-state index in [9.17, 15) is 18.0 Å². The number of hydrogen-bond donors (Lipinski definition) is 1. The molecule has 0 amide bonds. The highest BCUT2D eigenvalue weighted by molar-refractivity contribution is 6.32. The normalized spacial score (nSPS) is 11.5. The Morgan fingerprint density at radius 1 is 1.60 bits per heavy atom. The molecule has 1 N–H and O–H groups in total. The van der Waals surface area contributed by atoms with Crippen molar-refractivity contribution in [2.45, 2.75) is 12.7 Å². The van der Waals surface area contributed by atoms with Gasteiger partial charge in [0.1, 0.15) is 11.6 Å². The summed E-state index contributed by atoms with van der Waals surface area (Å²) in [5, 5.41) is 5.56. The number of halogens is 4. The van der Waals surface area contributed by atoms with Crippen molar-refractivity contribution in [1.29, 1.82) is 0 Å². The van der Waals surface area contributed by atoms with Crippen LogP contribution in [0.5, 0.6) is 0 Å². The topological polar surface area (TPSA) is 46.9 Å². The van der Waals surface area contributed by atoms with Crippen molar-refractivity contribution in [3.05, 3.63) is 21.6 Å². The third kappa shape index (κ3) is 2.85. The van der Waals surface area contributed by atoms with Crippen LogP contribution in [0.3, 0.4) is 0 Å². The van der Waals surface area contributed by atoms with Crippen LogP contribution in [0.25, 0.3) is 0 Å². The van der Waals surface area contributed by atoms with E-state index in [4.69, 9.17) is 11.6 Å². The molecule has 4 nitrogen and oxygen atoms in total. The fourth-order valence-corrected chi connectivity index (χ4v) is 1.16. The van der Waals surface area contributed by atoms with E-state index in [1.54, 1.807) is 0 Å². The van der Waals surface area contributed by atoms with Crippen molar-refractivity contribution in [3.8, 4) is 0 Å². The van der Waals surface area contributed by atoms with Gasteiger partial charge in [0.25, 0.3) is 5.56 Å². The molecule has 8 heteroatoms. The Morgan fingerprint density at radius 2 is 2.20 bits per heavy atom. The first-order chi connectivity index (χ1) is 6.85. The molecule has 1 rings (SSSR count). The standard InChI is InChI=1S/C7H7ClF3N3O/c1-12-4-2-13-14(3-7(9,10)11)6(15)5(4)8/h2,12H,3H2,1H3. The fourth-order valence-electron chi connectivity index (χ4n) is 0.922. The second-order valence-corrected chi connectivity index (χ2v) is 3.08. The maximum absolute atomic E-state index is 12.0. The Balaban J connectivity index is 3.13. The molecule has 0 saturated heterocycles. The average Bonchev–Trinajstić information content (AvgIpc) is 2.11. The van der Waals surface area contributed by atoms with E-state index in [0.717, 1.165) is 6.20 Å². The second kappa shape index (κ2) is 4.09. The van der Waals surface area contributed by atoms with Crippen LogP contribution in [0.15, 0.2) is 11.0 Å². The number of nitrogens with one attached hydrogen (secondary N) is 1. The van der Waals surface area contributed by atoms with Crippen molar-refractivity contribution in [2.75, 3.05) is 12.4 Å². The summed E-state index contributed by atoms with van der Waals surface area (Å²) in [7, 11) is 1.48. The zero-order valence-electron chi connectivity index (χ0n) is 7.60. The van der Waals surface area contributed by atoms with Crippen molar-refractivity contribution in [2.24, 2.45) is 0 Å². The van der Waals surface area contributed by atoms with Crippen LogP contribution in [0, 0.1) is 0 Å². The molecule has 0 atom stereocenters. The highest BCUT2D eigenvalue weighted by atomic mass is 35.5. The predicted octanol–water partition coefficient (Wildman–Crippen LogP) is 1.50. The molecule has 0 fully saturated rings. The lowest BCUT2D eigenvalue weighted by atomic mass is 10.4. The minimum Gasteiger partial charge on any atom is -0.385 e. The maximum Gasteiger partial charge on any atom is 0.408 e. The van der Waals surface area contributed by atoms with Crippen molar-refractivity contribution in [1.82, 2.24) is 9.78 Å². The summed E-state index contributed by atoms with van der Waals surface area (Å²) < 4.78 is 36.2. The van der Waals surface area contributed by atoms with Crippen molar-refractivity contribution in [3.63, 3.8) is 0 Å². The van der Waals surface area contributed by atoms with Gasteiger partial charge in [0.15, 0.2) is 0 Å². The highest BCUT2D eigenvalue weighted by Crippen LogP contribution is 2.18. The number of anilines is 1. The predicted molar refractivity (Wildman–Crippen MR) is 49.1 cm³/mol. The van der Waals surface area contributed by atoms with Gasteiger partial charge in [-0.1, -0.05) is 11.6 Å². The van der Waals surface area contributed by atoms with Crippen LogP contribution in [-0.4, -0.2) is 23.0 Å². The van der Waals surface area contributed by atoms with Gasteiger partial charge in [-0.25, -0.2) is 4.68 Å². The lowest BCUT2D eigenvalue weighted by molar-refractivity contribution is -0.143. The molecular weight excluding hydrogens is 235 g/mol. The van der Waals surface area contributed by atoms with Crippen LogP contribution in [0.1, 0.15) is 0 Å². The van der Waals surface area contributed by atoms with E-state index in [2.05, 4.69) is 10.4 Å². The Kier molecular flexibility index (Phi) is 3.23. The molecule has 0 unspecified atom stereocenters. The third-order valence-electron chi connectivity index (χ3n) is 1.58. The Bertz CT molecular complexity index is 415. The minimum atomic E-state index is -4.50. The van der Waals surface area contributed by atoms with Crippen LogP contribution < -0.4 is 10.9 Å². The van der Waals surface area contributed by atoms with E-state index in [-0.39, 0.29) is 15.4 Å². The van der Waals surface area contributed by atoms with Crippen molar-refractivity contribution >= 4 is 17.3 Å². The molecule has 1 aromatic rings. The summed E-state index contributed by atoms with van der Waals surface area (Å²) >= 11 is 5.52. The summed E-state index contributed by atoms with van der Waals surface area (Å²) in [6, 6.07) is 0. The van der Waals surface area contributed by atoms with E-state index < -0.39 is 18.3 Å². The molecule has 0 aliphatic heterocycles. The first kappa shape index (κ1) is 11.8. The number of alkyl halides is 3. The van der Waals surface area contributed by atoms with Gasteiger partial charge in [0, 0.05) is 7.05 Å². The molecule has 0 aromatic carbocycles.